The Morgan fingerprint density at radius 2 is 2.05 bits per heavy atom. The standard InChI is InChI=1S/C16H23N3O2S/c20-15(18-14-4-2-1-3-5-14)17-12-16(6-11-22-13-16)19-7-9-21-10-8-19/h1-5H,6-13H2,(H2,17,18,20). The summed E-state index contributed by atoms with van der Waals surface area (Å²) in [7, 11) is 0. The van der Waals surface area contributed by atoms with E-state index in [9.17, 15) is 4.79 Å². The lowest BCUT2D eigenvalue weighted by atomic mass is 9.95. The molecule has 2 heterocycles. The molecule has 1 aromatic carbocycles. The van der Waals surface area contributed by atoms with Crippen LogP contribution < -0.4 is 10.6 Å². The van der Waals surface area contributed by atoms with Crippen molar-refractivity contribution in [1.29, 1.82) is 0 Å². The highest BCUT2D eigenvalue weighted by Crippen LogP contribution is 2.33. The number of anilines is 1. The molecule has 120 valence electrons. The number of hydrogen-bond donors (Lipinski definition) is 2. The number of urea groups is 1. The van der Waals surface area contributed by atoms with Gasteiger partial charge < -0.3 is 15.4 Å². The van der Waals surface area contributed by atoms with Crippen LogP contribution in [-0.2, 0) is 4.74 Å². The number of thioether (sulfide) groups is 1. The van der Waals surface area contributed by atoms with Crippen molar-refractivity contribution in [3.05, 3.63) is 30.3 Å². The summed E-state index contributed by atoms with van der Waals surface area (Å²) in [5, 5.41) is 5.95. The molecule has 1 atom stereocenters. The number of nitrogens with one attached hydrogen (secondary N) is 2. The van der Waals surface area contributed by atoms with Gasteiger partial charge in [-0.3, -0.25) is 4.90 Å². The van der Waals surface area contributed by atoms with Gasteiger partial charge in [0, 0.05) is 36.6 Å². The molecule has 5 nitrogen and oxygen atoms in total. The van der Waals surface area contributed by atoms with Gasteiger partial charge in [-0.25, -0.2) is 4.79 Å². The summed E-state index contributed by atoms with van der Waals surface area (Å²) in [6, 6.07) is 9.42. The SMILES string of the molecule is O=C(NCC1(N2CCOCC2)CCSC1)Nc1ccccc1. The zero-order valence-corrected chi connectivity index (χ0v) is 13.5. The Morgan fingerprint density at radius 1 is 1.27 bits per heavy atom. The Hall–Kier alpha value is -1.24. The van der Waals surface area contributed by atoms with Crippen LogP contribution in [0.2, 0.25) is 0 Å². The average molecular weight is 321 g/mol. The number of rotatable bonds is 4. The van der Waals surface area contributed by atoms with E-state index in [2.05, 4.69) is 15.5 Å². The van der Waals surface area contributed by atoms with E-state index in [0.29, 0.717) is 6.54 Å². The number of carbonyl (C=O) groups is 1. The lowest BCUT2D eigenvalue weighted by molar-refractivity contribution is -0.0123. The lowest BCUT2D eigenvalue weighted by Crippen LogP contribution is -2.59. The van der Waals surface area contributed by atoms with E-state index >= 15 is 0 Å². The summed E-state index contributed by atoms with van der Waals surface area (Å²) in [4.78, 5) is 14.6. The van der Waals surface area contributed by atoms with E-state index in [1.807, 2.05) is 42.1 Å². The molecule has 1 unspecified atom stereocenters. The van der Waals surface area contributed by atoms with Gasteiger partial charge in [-0.1, -0.05) is 18.2 Å². The Kier molecular flexibility index (Phi) is 5.23. The van der Waals surface area contributed by atoms with Crippen molar-refractivity contribution in [2.75, 3.05) is 49.7 Å². The number of para-hydroxylation sites is 1. The van der Waals surface area contributed by atoms with Crippen LogP contribution in [0.1, 0.15) is 6.42 Å². The molecule has 2 fully saturated rings. The third-order valence-electron chi connectivity index (χ3n) is 4.37. The molecule has 1 aromatic rings. The maximum absolute atomic E-state index is 12.1. The molecule has 6 heteroatoms. The minimum Gasteiger partial charge on any atom is -0.379 e. The van der Waals surface area contributed by atoms with Crippen molar-refractivity contribution >= 4 is 23.5 Å². The lowest BCUT2D eigenvalue weighted by Gasteiger charge is -2.43. The van der Waals surface area contributed by atoms with E-state index in [4.69, 9.17) is 4.74 Å². The predicted octanol–water partition coefficient (Wildman–Crippen LogP) is 2.02. The van der Waals surface area contributed by atoms with E-state index in [1.165, 1.54) is 5.75 Å². The van der Waals surface area contributed by atoms with Gasteiger partial charge in [0.1, 0.15) is 0 Å². The van der Waals surface area contributed by atoms with Crippen LogP contribution in [0.4, 0.5) is 10.5 Å². The molecule has 2 N–H and O–H groups in total. The number of carbonyl (C=O) groups excluding carboxylic acids is 1. The zero-order valence-electron chi connectivity index (χ0n) is 12.7. The highest BCUT2D eigenvalue weighted by Gasteiger charge is 2.40. The molecular formula is C16H23N3O2S. The van der Waals surface area contributed by atoms with Crippen molar-refractivity contribution in [2.24, 2.45) is 0 Å². The summed E-state index contributed by atoms with van der Waals surface area (Å²) < 4.78 is 5.46. The summed E-state index contributed by atoms with van der Waals surface area (Å²) in [5.41, 5.74) is 0.906. The number of benzene rings is 1. The fraction of sp³-hybridized carbons (Fsp3) is 0.562. The van der Waals surface area contributed by atoms with E-state index in [0.717, 1.165) is 44.2 Å². The van der Waals surface area contributed by atoms with Crippen LogP contribution in [0, 0.1) is 0 Å². The molecular weight excluding hydrogens is 298 g/mol. The van der Waals surface area contributed by atoms with Gasteiger partial charge >= 0.3 is 6.03 Å². The second-order valence-corrected chi connectivity index (χ2v) is 6.91. The average Bonchev–Trinajstić information content (AvgIpc) is 3.05. The molecule has 0 aliphatic carbocycles. The first-order valence-corrected chi connectivity index (χ1v) is 8.94. The molecule has 2 aliphatic heterocycles. The van der Waals surface area contributed by atoms with Gasteiger partial charge in [0.15, 0.2) is 0 Å². The van der Waals surface area contributed by atoms with Crippen LogP contribution in [0.3, 0.4) is 0 Å². The minimum atomic E-state index is -0.129. The topological polar surface area (TPSA) is 53.6 Å². The smallest absolute Gasteiger partial charge is 0.319 e. The molecule has 22 heavy (non-hydrogen) atoms. The third-order valence-corrected chi connectivity index (χ3v) is 5.61. The number of hydrogen-bond acceptors (Lipinski definition) is 4. The highest BCUT2D eigenvalue weighted by molar-refractivity contribution is 7.99. The Labute approximate surface area is 135 Å². The normalized spacial score (nSPS) is 25.8. The van der Waals surface area contributed by atoms with E-state index < -0.39 is 0 Å². The van der Waals surface area contributed by atoms with Crippen molar-refractivity contribution < 1.29 is 9.53 Å². The van der Waals surface area contributed by atoms with Crippen molar-refractivity contribution in [2.45, 2.75) is 12.0 Å². The molecule has 0 radical (unpaired) electrons. The second-order valence-electron chi connectivity index (χ2n) is 5.80. The quantitative estimate of drug-likeness (QED) is 0.891. The van der Waals surface area contributed by atoms with Gasteiger partial charge in [0.25, 0.3) is 0 Å². The van der Waals surface area contributed by atoms with Gasteiger partial charge in [-0.2, -0.15) is 11.8 Å². The van der Waals surface area contributed by atoms with Gasteiger partial charge in [-0.15, -0.1) is 0 Å². The molecule has 0 bridgehead atoms. The number of amides is 2. The van der Waals surface area contributed by atoms with Crippen LogP contribution in [0.25, 0.3) is 0 Å². The molecule has 2 saturated heterocycles. The molecule has 3 rings (SSSR count). The number of nitrogens with zero attached hydrogens (tertiary/aromatic N) is 1. The van der Waals surface area contributed by atoms with Crippen molar-refractivity contribution in [3.63, 3.8) is 0 Å². The zero-order chi connectivity index (χ0) is 15.3. The largest absolute Gasteiger partial charge is 0.379 e. The Morgan fingerprint density at radius 3 is 2.73 bits per heavy atom. The maximum atomic E-state index is 12.1. The first kappa shape index (κ1) is 15.6. The fourth-order valence-electron chi connectivity index (χ4n) is 3.08. The van der Waals surface area contributed by atoms with Crippen LogP contribution >= 0.6 is 11.8 Å². The third kappa shape index (κ3) is 3.74. The first-order valence-electron chi connectivity index (χ1n) is 7.79. The predicted molar refractivity (Wildman–Crippen MR) is 90.5 cm³/mol. The van der Waals surface area contributed by atoms with Gasteiger partial charge in [0.2, 0.25) is 0 Å². The summed E-state index contributed by atoms with van der Waals surface area (Å²) in [5.74, 6) is 2.25. The van der Waals surface area contributed by atoms with Crippen molar-refractivity contribution in [1.82, 2.24) is 10.2 Å². The molecule has 2 aliphatic rings. The monoisotopic (exact) mass is 321 g/mol. The van der Waals surface area contributed by atoms with Crippen LogP contribution in [0.5, 0.6) is 0 Å². The van der Waals surface area contributed by atoms with Gasteiger partial charge in [0.05, 0.1) is 13.2 Å². The number of ether oxygens (including phenoxy) is 1. The minimum absolute atomic E-state index is 0.0858. The second kappa shape index (κ2) is 7.35. The Balaban J connectivity index is 1.56. The fourth-order valence-corrected chi connectivity index (χ4v) is 4.55. The van der Waals surface area contributed by atoms with Crippen LogP contribution in [0.15, 0.2) is 30.3 Å². The molecule has 0 spiro atoms. The van der Waals surface area contributed by atoms with Crippen molar-refractivity contribution in [3.8, 4) is 0 Å². The number of morpholine rings is 1. The molecule has 0 aromatic heterocycles. The van der Waals surface area contributed by atoms with E-state index in [-0.39, 0.29) is 11.6 Å². The first-order chi connectivity index (χ1) is 10.8. The highest BCUT2D eigenvalue weighted by atomic mass is 32.2. The molecule has 0 saturated carbocycles. The maximum Gasteiger partial charge on any atom is 0.319 e. The van der Waals surface area contributed by atoms with Gasteiger partial charge in [-0.05, 0) is 24.3 Å². The molecule has 2 amide bonds. The Bertz CT molecular complexity index is 485. The summed E-state index contributed by atoms with van der Waals surface area (Å²) in [6.07, 6.45) is 1.13. The van der Waals surface area contributed by atoms with Crippen LogP contribution in [-0.4, -0.2) is 60.8 Å². The summed E-state index contributed by atoms with van der Waals surface area (Å²) in [6.45, 7) is 4.20. The van der Waals surface area contributed by atoms with E-state index in [1.54, 1.807) is 0 Å². The summed E-state index contributed by atoms with van der Waals surface area (Å²) >= 11 is 1.98.